The number of aryl methyl sites for hydroxylation is 2. The predicted octanol–water partition coefficient (Wildman–Crippen LogP) is 2.54. The van der Waals surface area contributed by atoms with Gasteiger partial charge in [0.05, 0.1) is 29.2 Å². The summed E-state index contributed by atoms with van der Waals surface area (Å²) in [6, 6.07) is 5.52. The topological polar surface area (TPSA) is 77.2 Å². The number of carbonyl (C=O) groups excluding carboxylic acids is 1. The van der Waals surface area contributed by atoms with Gasteiger partial charge in [0, 0.05) is 11.3 Å². The van der Waals surface area contributed by atoms with E-state index in [0.29, 0.717) is 18.0 Å². The van der Waals surface area contributed by atoms with E-state index in [1.807, 2.05) is 31.5 Å². The number of nitrogens with two attached hydrogens (primary N) is 1. The van der Waals surface area contributed by atoms with Crippen molar-refractivity contribution in [1.29, 1.82) is 0 Å². The zero-order valence-electron chi connectivity index (χ0n) is 12.2. The molecule has 0 saturated heterocycles. The Kier molecular flexibility index (Phi) is 5.30. The third-order valence-electron chi connectivity index (χ3n) is 3.12. The van der Waals surface area contributed by atoms with Crippen molar-refractivity contribution < 1.29 is 9.53 Å². The predicted molar refractivity (Wildman–Crippen MR) is 85.6 cm³/mol. The van der Waals surface area contributed by atoms with Crippen LogP contribution < -0.4 is 11.1 Å². The number of nitrogen functional groups attached to an aromatic ring is 1. The molecule has 2 aromatic rings. The smallest absolute Gasteiger partial charge is 0.250 e. The van der Waals surface area contributed by atoms with Gasteiger partial charge in [0.2, 0.25) is 5.91 Å². The highest BCUT2D eigenvalue weighted by molar-refractivity contribution is 7.09. The van der Waals surface area contributed by atoms with Gasteiger partial charge in [0.15, 0.2) is 0 Å². The molecule has 0 bridgehead atoms. The fourth-order valence-electron chi connectivity index (χ4n) is 1.93. The number of rotatable bonds is 6. The highest BCUT2D eigenvalue weighted by atomic mass is 32.1. The molecule has 1 amide bonds. The van der Waals surface area contributed by atoms with Gasteiger partial charge in [-0.15, -0.1) is 11.3 Å². The third kappa shape index (κ3) is 4.27. The van der Waals surface area contributed by atoms with Crippen molar-refractivity contribution in [2.24, 2.45) is 0 Å². The number of aromatic nitrogens is 1. The summed E-state index contributed by atoms with van der Waals surface area (Å²) in [5, 5.41) is 2.78. The number of amides is 1. The van der Waals surface area contributed by atoms with Crippen molar-refractivity contribution in [1.82, 2.24) is 4.98 Å². The summed E-state index contributed by atoms with van der Waals surface area (Å²) < 4.78 is 5.40. The maximum Gasteiger partial charge on any atom is 0.250 e. The van der Waals surface area contributed by atoms with Crippen LogP contribution in [0.4, 0.5) is 11.4 Å². The first-order valence-electron chi connectivity index (χ1n) is 6.69. The molecule has 1 aromatic heterocycles. The van der Waals surface area contributed by atoms with E-state index in [2.05, 4.69) is 10.3 Å². The highest BCUT2D eigenvalue weighted by Gasteiger charge is 2.08. The molecule has 2 rings (SSSR count). The summed E-state index contributed by atoms with van der Waals surface area (Å²) in [5.74, 6) is -0.197. The van der Waals surface area contributed by atoms with Crippen LogP contribution >= 0.6 is 11.3 Å². The number of benzene rings is 1. The first-order chi connectivity index (χ1) is 10.1. The monoisotopic (exact) mass is 305 g/mol. The standard InChI is InChI=1S/C15H19N3O2S/c1-10-4-3-5-12(16)15(10)18-14(19)8-20-7-6-13-11(2)17-9-21-13/h3-5,9H,6-8,16H2,1-2H3,(H,18,19). The molecule has 0 atom stereocenters. The minimum Gasteiger partial charge on any atom is -0.397 e. The average molecular weight is 305 g/mol. The minimum atomic E-state index is -0.197. The number of ether oxygens (including phenoxy) is 1. The van der Waals surface area contributed by atoms with E-state index < -0.39 is 0 Å². The second-order valence-corrected chi connectivity index (χ2v) is 5.69. The molecule has 0 saturated carbocycles. The Morgan fingerprint density at radius 3 is 2.90 bits per heavy atom. The molecular weight excluding hydrogens is 286 g/mol. The van der Waals surface area contributed by atoms with Crippen LogP contribution in [0, 0.1) is 13.8 Å². The Labute approximate surface area is 128 Å². The molecular formula is C15H19N3O2S. The molecule has 3 N–H and O–H groups in total. The van der Waals surface area contributed by atoms with E-state index in [-0.39, 0.29) is 12.5 Å². The molecule has 0 unspecified atom stereocenters. The molecule has 0 spiro atoms. The second-order valence-electron chi connectivity index (χ2n) is 4.75. The van der Waals surface area contributed by atoms with Crippen molar-refractivity contribution in [2.75, 3.05) is 24.3 Å². The molecule has 0 fully saturated rings. The van der Waals surface area contributed by atoms with Crippen molar-refractivity contribution >= 4 is 28.6 Å². The Balaban J connectivity index is 1.76. The SMILES string of the molecule is Cc1cccc(N)c1NC(=O)COCCc1scnc1C. The Morgan fingerprint density at radius 1 is 1.43 bits per heavy atom. The van der Waals surface area contributed by atoms with Gasteiger partial charge in [-0.05, 0) is 25.5 Å². The number of thiazole rings is 1. The first kappa shape index (κ1) is 15.5. The van der Waals surface area contributed by atoms with Gasteiger partial charge < -0.3 is 15.8 Å². The number of hydrogen-bond acceptors (Lipinski definition) is 5. The van der Waals surface area contributed by atoms with Crippen molar-refractivity contribution in [3.63, 3.8) is 0 Å². The number of anilines is 2. The molecule has 112 valence electrons. The molecule has 0 aliphatic heterocycles. The van der Waals surface area contributed by atoms with Crippen LogP contribution in [-0.2, 0) is 16.0 Å². The molecule has 5 nitrogen and oxygen atoms in total. The number of carbonyl (C=O) groups is 1. The van der Waals surface area contributed by atoms with E-state index in [1.54, 1.807) is 17.4 Å². The van der Waals surface area contributed by atoms with Crippen LogP contribution in [-0.4, -0.2) is 24.1 Å². The van der Waals surface area contributed by atoms with Gasteiger partial charge in [-0.3, -0.25) is 4.79 Å². The maximum atomic E-state index is 11.8. The molecule has 6 heteroatoms. The number of nitrogens with zero attached hydrogens (tertiary/aromatic N) is 1. The quantitative estimate of drug-likeness (QED) is 0.635. The lowest BCUT2D eigenvalue weighted by Crippen LogP contribution is -2.20. The van der Waals surface area contributed by atoms with Gasteiger partial charge in [-0.25, -0.2) is 4.98 Å². The summed E-state index contributed by atoms with van der Waals surface area (Å²) in [6.45, 7) is 4.39. The maximum absolute atomic E-state index is 11.8. The zero-order chi connectivity index (χ0) is 15.2. The molecule has 0 radical (unpaired) electrons. The Hall–Kier alpha value is -1.92. The fourth-order valence-corrected chi connectivity index (χ4v) is 2.70. The number of hydrogen-bond donors (Lipinski definition) is 2. The largest absolute Gasteiger partial charge is 0.397 e. The van der Waals surface area contributed by atoms with Crippen LogP contribution in [0.15, 0.2) is 23.7 Å². The second kappa shape index (κ2) is 7.19. The van der Waals surface area contributed by atoms with Crippen molar-refractivity contribution in [2.45, 2.75) is 20.3 Å². The number of para-hydroxylation sites is 1. The van der Waals surface area contributed by atoms with E-state index >= 15 is 0 Å². The van der Waals surface area contributed by atoms with Gasteiger partial charge in [-0.2, -0.15) is 0 Å². The molecule has 21 heavy (non-hydrogen) atoms. The van der Waals surface area contributed by atoms with Crippen molar-refractivity contribution in [3.8, 4) is 0 Å². The van der Waals surface area contributed by atoms with Crippen LogP contribution in [0.3, 0.4) is 0 Å². The van der Waals surface area contributed by atoms with E-state index in [4.69, 9.17) is 10.5 Å². The van der Waals surface area contributed by atoms with Crippen LogP contribution in [0.5, 0.6) is 0 Å². The summed E-state index contributed by atoms with van der Waals surface area (Å²) in [4.78, 5) is 17.2. The summed E-state index contributed by atoms with van der Waals surface area (Å²) >= 11 is 1.61. The van der Waals surface area contributed by atoms with Gasteiger partial charge in [0.1, 0.15) is 6.61 Å². The average Bonchev–Trinajstić information content (AvgIpc) is 2.85. The molecule has 1 aromatic carbocycles. The van der Waals surface area contributed by atoms with Crippen molar-refractivity contribution in [3.05, 3.63) is 39.8 Å². The molecule has 0 aliphatic carbocycles. The Morgan fingerprint density at radius 2 is 2.24 bits per heavy atom. The third-order valence-corrected chi connectivity index (χ3v) is 4.12. The summed E-state index contributed by atoms with van der Waals surface area (Å²) in [5.41, 5.74) is 10.8. The molecule has 1 heterocycles. The van der Waals surface area contributed by atoms with E-state index in [0.717, 1.165) is 17.7 Å². The van der Waals surface area contributed by atoms with Gasteiger partial charge >= 0.3 is 0 Å². The number of nitrogens with one attached hydrogen (secondary N) is 1. The lowest BCUT2D eigenvalue weighted by atomic mass is 10.1. The van der Waals surface area contributed by atoms with E-state index in [1.165, 1.54) is 4.88 Å². The van der Waals surface area contributed by atoms with Crippen LogP contribution in [0.1, 0.15) is 16.1 Å². The lowest BCUT2D eigenvalue weighted by molar-refractivity contribution is -0.120. The first-order valence-corrected chi connectivity index (χ1v) is 7.57. The lowest BCUT2D eigenvalue weighted by Gasteiger charge is -2.11. The summed E-state index contributed by atoms with van der Waals surface area (Å²) in [7, 11) is 0. The van der Waals surface area contributed by atoms with Crippen LogP contribution in [0.25, 0.3) is 0 Å². The zero-order valence-corrected chi connectivity index (χ0v) is 13.0. The molecule has 0 aliphatic rings. The highest BCUT2D eigenvalue weighted by Crippen LogP contribution is 2.22. The van der Waals surface area contributed by atoms with Gasteiger partial charge in [-0.1, -0.05) is 12.1 Å². The van der Waals surface area contributed by atoms with Crippen LogP contribution in [0.2, 0.25) is 0 Å². The normalized spacial score (nSPS) is 10.6. The summed E-state index contributed by atoms with van der Waals surface area (Å²) in [6.07, 6.45) is 0.774. The van der Waals surface area contributed by atoms with E-state index in [9.17, 15) is 4.79 Å². The fraction of sp³-hybridized carbons (Fsp3) is 0.333. The Bertz CT molecular complexity index is 605. The van der Waals surface area contributed by atoms with Gasteiger partial charge in [0.25, 0.3) is 0 Å². The minimum absolute atomic E-state index is 0.0195.